The van der Waals surface area contributed by atoms with Gasteiger partial charge in [-0.15, -0.1) is 5.10 Å². The van der Waals surface area contributed by atoms with Crippen LogP contribution in [0.25, 0.3) is 11.4 Å². The Bertz CT molecular complexity index is 781. The van der Waals surface area contributed by atoms with Crippen LogP contribution >= 0.6 is 23.4 Å². The molecule has 3 rings (SSSR count). The molecule has 3 aromatic rings. The summed E-state index contributed by atoms with van der Waals surface area (Å²) in [6.07, 6.45) is -0.587. The van der Waals surface area contributed by atoms with Gasteiger partial charge in [0.2, 0.25) is 5.16 Å². The molecule has 0 radical (unpaired) electrons. The number of ether oxygens (including phenoxy) is 1. The van der Waals surface area contributed by atoms with Gasteiger partial charge in [-0.3, -0.25) is 5.10 Å². The molecule has 2 aromatic carbocycles. The largest absolute Gasteiger partial charge is 0.390 e. The molecule has 7 heteroatoms. The van der Waals surface area contributed by atoms with E-state index in [0.717, 1.165) is 17.0 Å². The van der Waals surface area contributed by atoms with Crippen LogP contribution in [0.1, 0.15) is 5.56 Å². The molecule has 0 aliphatic rings. The van der Waals surface area contributed by atoms with Crippen LogP contribution in [-0.2, 0) is 11.3 Å². The predicted molar refractivity (Wildman–Crippen MR) is 99.7 cm³/mol. The van der Waals surface area contributed by atoms with E-state index in [2.05, 4.69) is 15.2 Å². The lowest BCUT2D eigenvalue weighted by molar-refractivity contribution is 0.0398. The number of rotatable bonds is 8. The lowest BCUT2D eigenvalue weighted by Crippen LogP contribution is -2.18. The van der Waals surface area contributed by atoms with Crippen molar-refractivity contribution in [2.45, 2.75) is 17.9 Å². The second-order valence-electron chi connectivity index (χ2n) is 5.44. The molecule has 0 aliphatic carbocycles. The van der Waals surface area contributed by atoms with E-state index in [1.54, 1.807) is 0 Å². The molecule has 1 aromatic heterocycles. The SMILES string of the molecule is O[C@@H](COCc1ccc(Cl)cc1)CSc1n[nH]c(-c2ccccc2)n1. The molecule has 130 valence electrons. The summed E-state index contributed by atoms with van der Waals surface area (Å²) in [6.45, 7) is 0.698. The van der Waals surface area contributed by atoms with Crippen LogP contribution in [0.2, 0.25) is 5.02 Å². The van der Waals surface area contributed by atoms with Crippen molar-refractivity contribution < 1.29 is 9.84 Å². The average Bonchev–Trinajstić information content (AvgIpc) is 3.11. The zero-order chi connectivity index (χ0) is 17.5. The second kappa shape index (κ2) is 9.01. The summed E-state index contributed by atoms with van der Waals surface area (Å²) in [5, 5.41) is 18.4. The first-order valence-electron chi connectivity index (χ1n) is 7.81. The van der Waals surface area contributed by atoms with Crippen LogP contribution in [0.4, 0.5) is 0 Å². The van der Waals surface area contributed by atoms with Crippen molar-refractivity contribution in [3.05, 3.63) is 65.2 Å². The van der Waals surface area contributed by atoms with Crippen molar-refractivity contribution in [3.63, 3.8) is 0 Å². The molecular formula is C18H18ClN3O2S. The summed E-state index contributed by atoms with van der Waals surface area (Å²) in [4.78, 5) is 4.42. The van der Waals surface area contributed by atoms with Crippen molar-refractivity contribution in [1.82, 2.24) is 15.2 Å². The maximum atomic E-state index is 10.0. The third-order valence-corrected chi connectivity index (χ3v) is 4.65. The number of H-pyrrole nitrogens is 1. The quantitative estimate of drug-likeness (QED) is 0.586. The number of aromatic amines is 1. The zero-order valence-electron chi connectivity index (χ0n) is 13.4. The molecule has 0 bridgehead atoms. The van der Waals surface area contributed by atoms with E-state index >= 15 is 0 Å². The number of halogens is 1. The molecule has 0 amide bonds. The minimum Gasteiger partial charge on any atom is -0.390 e. The van der Waals surface area contributed by atoms with Crippen molar-refractivity contribution in [1.29, 1.82) is 0 Å². The Morgan fingerprint density at radius 1 is 1.12 bits per heavy atom. The van der Waals surface area contributed by atoms with E-state index in [1.165, 1.54) is 11.8 Å². The van der Waals surface area contributed by atoms with Gasteiger partial charge in [0.25, 0.3) is 0 Å². The van der Waals surface area contributed by atoms with E-state index in [1.807, 2.05) is 54.6 Å². The number of hydrogen-bond donors (Lipinski definition) is 2. The van der Waals surface area contributed by atoms with Crippen molar-refractivity contribution in [2.75, 3.05) is 12.4 Å². The van der Waals surface area contributed by atoms with Gasteiger partial charge >= 0.3 is 0 Å². The highest BCUT2D eigenvalue weighted by atomic mass is 35.5. The number of aliphatic hydroxyl groups excluding tert-OH is 1. The van der Waals surface area contributed by atoms with Crippen LogP contribution < -0.4 is 0 Å². The average molecular weight is 376 g/mol. The summed E-state index contributed by atoms with van der Waals surface area (Å²) >= 11 is 7.23. The third kappa shape index (κ3) is 5.57. The highest BCUT2D eigenvalue weighted by molar-refractivity contribution is 7.99. The molecule has 0 saturated heterocycles. The first-order chi connectivity index (χ1) is 12.2. The van der Waals surface area contributed by atoms with Gasteiger partial charge in [0.1, 0.15) is 0 Å². The number of hydrogen-bond acceptors (Lipinski definition) is 5. The second-order valence-corrected chi connectivity index (χ2v) is 6.86. The van der Waals surface area contributed by atoms with Crippen LogP contribution in [0, 0.1) is 0 Å². The molecule has 1 atom stereocenters. The summed E-state index contributed by atoms with van der Waals surface area (Å²) < 4.78 is 5.53. The van der Waals surface area contributed by atoms with Crippen LogP contribution in [0.5, 0.6) is 0 Å². The molecule has 0 saturated carbocycles. The van der Waals surface area contributed by atoms with Gasteiger partial charge < -0.3 is 9.84 Å². The third-order valence-electron chi connectivity index (χ3n) is 3.41. The van der Waals surface area contributed by atoms with Gasteiger partial charge in [-0.1, -0.05) is 65.8 Å². The minimum absolute atomic E-state index is 0.256. The highest BCUT2D eigenvalue weighted by Crippen LogP contribution is 2.19. The van der Waals surface area contributed by atoms with Gasteiger partial charge in [-0.05, 0) is 17.7 Å². The first kappa shape index (κ1) is 17.9. The number of nitrogens with one attached hydrogen (secondary N) is 1. The molecule has 0 aliphatic heterocycles. The maximum absolute atomic E-state index is 10.0. The number of thioether (sulfide) groups is 1. The van der Waals surface area contributed by atoms with Crippen LogP contribution in [0.15, 0.2) is 59.8 Å². The summed E-state index contributed by atoms with van der Waals surface area (Å²) in [5.74, 6) is 1.18. The topological polar surface area (TPSA) is 71.0 Å². The van der Waals surface area contributed by atoms with Crippen molar-refractivity contribution >= 4 is 23.4 Å². The van der Waals surface area contributed by atoms with Crippen LogP contribution in [-0.4, -0.2) is 38.8 Å². The minimum atomic E-state index is -0.587. The molecule has 25 heavy (non-hydrogen) atoms. The Morgan fingerprint density at radius 3 is 2.64 bits per heavy atom. The summed E-state index contributed by atoms with van der Waals surface area (Å²) in [5.41, 5.74) is 2.00. The smallest absolute Gasteiger partial charge is 0.208 e. The number of aliphatic hydroxyl groups is 1. The van der Waals surface area contributed by atoms with Crippen LogP contribution in [0.3, 0.4) is 0 Å². The monoisotopic (exact) mass is 375 g/mol. The Morgan fingerprint density at radius 2 is 1.88 bits per heavy atom. The van der Waals surface area contributed by atoms with E-state index < -0.39 is 6.10 Å². The number of benzene rings is 2. The molecule has 5 nitrogen and oxygen atoms in total. The van der Waals surface area contributed by atoms with Gasteiger partial charge in [0.05, 0.1) is 19.3 Å². The lowest BCUT2D eigenvalue weighted by Gasteiger charge is -2.10. The van der Waals surface area contributed by atoms with E-state index in [9.17, 15) is 5.11 Å². The van der Waals surface area contributed by atoms with Gasteiger partial charge in [-0.2, -0.15) is 0 Å². The zero-order valence-corrected chi connectivity index (χ0v) is 15.0. The molecule has 0 unspecified atom stereocenters. The normalized spacial score (nSPS) is 12.2. The fourth-order valence-electron chi connectivity index (χ4n) is 2.15. The lowest BCUT2D eigenvalue weighted by atomic mass is 10.2. The Hall–Kier alpha value is -1.86. The summed E-state index contributed by atoms with van der Waals surface area (Å²) in [7, 11) is 0. The Kier molecular flexibility index (Phi) is 6.47. The molecular weight excluding hydrogens is 358 g/mol. The van der Waals surface area contributed by atoms with Gasteiger partial charge in [-0.25, -0.2) is 4.98 Å². The Labute approximate surface area is 155 Å². The molecule has 1 heterocycles. The molecule has 0 fully saturated rings. The van der Waals surface area contributed by atoms with Gasteiger partial charge in [0.15, 0.2) is 5.82 Å². The standard InChI is InChI=1S/C18H18ClN3O2S/c19-15-8-6-13(7-9-15)10-24-11-16(23)12-25-18-20-17(21-22-18)14-4-2-1-3-5-14/h1-9,16,23H,10-12H2,(H,20,21,22)/t16-/m0/s1. The number of aromatic nitrogens is 3. The van der Waals surface area contributed by atoms with E-state index in [-0.39, 0.29) is 6.61 Å². The predicted octanol–water partition coefficient (Wildman–Crippen LogP) is 3.79. The number of nitrogens with zero attached hydrogens (tertiary/aromatic N) is 2. The molecule has 2 N–H and O–H groups in total. The fraction of sp³-hybridized carbons (Fsp3) is 0.222. The summed E-state index contributed by atoms with van der Waals surface area (Å²) in [6, 6.07) is 17.2. The van der Waals surface area contributed by atoms with Crippen molar-refractivity contribution in [3.8, 4) is 11.4 Å². The molecule has 0 spiro atoms. The highest BCUT2D eigenvalue weighted by Gasteiger charge is 2.10. The first-order valence-corrected chi connectivity index (χ1v) is 9.18. The van der Waals surface area contributed by atoms with Gasteiger partial charge in [0, 0.05) is 16.3 Å². The van der Waals surface area contributed by atoms with Crippen molar-refractivity contribution in [2.24, 2.45) is 0 Å². The Balaban J connectivity index is 1.41. The fourth-order valence-corrected chi connectivity index (χ4v) is 2.98. The van der Waals surface area contributed by atoms with E-state index in [4.69, 9.17) is 16.3 Å². The van der Waals surface area contributed by atoms with E-state index in [0.29, 0.717) is 22.5 Å². The maximum Gasteiger partial charge on any atom is 0.208 e.